The zero-order chi connectivity index (χ0) is 14.0. The van der Waals surface area contributed by atoms with Crippen molar-refractivity contribution in [3.63, 3.8) is 0 Å². The van der Waals surface area contributed by atoms with Gasteiger partial charge in [0.2, 0.25) is 0 Å². The first-order chi connectivity index (χ1) is 9.71. The zero-order valence-electron chi connectivity index (χ0n) is 12.4. The number of hydrogen-bond donors (Lipinski definition) is 1. The predicted molar refractivity (Wildman–Crippen MR) is 90.8 cm³/mol. The number of amidine groups is 1. The maximum atomic E-state index is 4.82. The molecule has 1 aliphatic carbocycles. The summed E-state index contributed by atoms with van der Waals surface area (Å²) >= 11 is 3.77. The van der Waals surface area contributed by atoms with Gasteiger partial charge in [0, 0.05) is 16.2 Å². The number of hydrogen-bond acceptors (Lipinski definition) is 3. The van der Waals surface area contributed by atoms with Crippen molar-refractivity contribution in [1.29, 1.82) is 0 Å². The van der Waals surface area contributed by atoms with Crippen LogP contribution in [0, 0.1) is 5.92 Å². The molecule has 1 aromatic rings. The summed E-state index contributed by atoms with van der Waals surface area (Å²) in [5, 5.41) is 7.11. The molecule has 0 atom stereocenters. The monoisotopic (exact) mass is 308 g/mol. The van der Waals surface area contributed by atoms with E-state index in [0.717, 1.165) is 18.9 Å². The first-order valence-corrected chi connectivity index (χ1v) is 9.58. The van der Waals surface area contributed by atoms with E-state index in [9.17, 15) is 0 Å². The quantitative estimate of drug-likeness (QED) is 0.892. The van der Waals surface area contributed by atoms with Gasteiger partial charge < -0.3 is 5.32 Å². The van der Waals surface area contributed by atoms with Crippen LogP contribution in [0.15, 0.2) is 16.4 Å². The standard InChI is InChI=1S/C16H24N2S2/c1-3-13-6-9-19-14(13)10-17-15-18-16(11-20-15)7-4-12(2)5-8-16/h6,9,12H,3-5,7-8,10-11H2,1-2H3,(H,17,18). The highest BCUT2D eigenvalue weighted by Gasteiger charge is 2.39. The van der Waals surface area contributed by atoms with Crippen LogP contribution in [0.5, 0.6) is 0 Å². The Bertz CT molecular complexity index is 484. The maximum absolute atomic E-state index is 4.82. The van der Waals surface area contributed by atoms with Crippen molar-refractivity contribution in [2.75, 3.05) is 5.75 Å². The summed E-state index contributed by atoms with van der Waals surface area (Å²) in [7, 11) is 0. The lowest BCUT2D eigenvalue weighted by molar-refractivity contribution is 0.251. The van der Waals surface area contributed by atoms with E-state index in [0.29, 0.717) is 5.54 Å². The lowest BCUT2D eigenvalue weighted by Crippen LogP contribution is -2.46. The van der Waals surface area contributed by atoms with Crippen molar-refractivity contribution in [2.45, 2.75) is 58.0 Å². The Hall–Kier alpha value is -0.480. The van der Waals surface area contributed by atoms with E-state index in [-0.39, 0.29) is 0 Å². The summed E-state index contributed by atoms with van der Waals surface area (Å²) in [6.45, 7) is 5.45. The molecule has 4 heteroatoms. The van der Waals surface area contributed by atoms with Crippen molar-refractivity contribution in [2.24, 2.45) is 10.9 Å². The predicted octanol–water partition coefficient (Wildman–Crippen LogP) is 4.45. The number of thiophene rings is 1. The minimum Gasteiger partial charge on any atom is -0.359 e. The second-order valence-corrected chi connectivity index (χ2v) is 8.19. The smallest absolute Gasteiger partial charge is 0.157 e. The fraction of sp³-hybridized carbons (Fsp3) is 0.688. The molecule has 2 aliphatic rings. The Morgan fingerprint density at radius 1 is 1.40 bits per heavy atom. The Balaban J connectivity index is 1.61. The van der Waals surface area contributed by atoms with E-state index in [2.05, 4.69) is 30.6 Å². The molecule has 1 spiro atoms. The average Bonchev–Trinajstić information content (AvgIpc) is 3.07. The molecule has 1 aliphatic heterocycles. The van der Waals surface area contributed by atoms with Crippen LogP contribution in [-0.4, -0.2) is 16.5 Å². The van der Waals surface area contributed by atoms with Gasteiger partial charge in [-0.15, -0.1) is 11.3 Å². The molecule has 110 valence electrons. The van der Waals surface area contributed by atoms with Crippen molar-refractivity contribution in [1.82, 2.24) is 5.32 Å². The van der Waals surface area contributed by atoms with Gasteiger partial charge in [-0.25, -0.2) is 0 Å². The second-order valence-electron chi connectivity index (χ2n) is 6.22. The maximum Gasteiger partial charge on any atom is 0.157 e. The van der Waals surface area contributed by atoms with Crippen LogP contribution in [0.2, 0.25) is 0 Å². The van der Waals surface area contributed by atoms with Crippen LogP contribution in [-0.2, 0) is 13.0 Å². The third kappa shape index (κ3) is 3.06. The third-order valence-corrected chi connectivity index (χ3v) is 6.82. The third-order valence-electron chi connectivity index (χ3n) is 4.67. The van der Waals surface area contributed by atoms with Gasteiger partial charge in [-0.05, 0) is 55.0 Å². The first-order valence-electron chi connectivity index (χ1n) is 7.71. The van der Waals surface area contributed by atoms with Gasteiger partial charge in [0.25, 0.3) is 0 Å². The van der Waals surface area contributed by atoms with Gasteiger partial charge in [0.1, 0.15) is 0 Å². The Morgan fingerprint density at radius 3 is 2.95 bits per heavy atom. The Morgan fingerprint density at radius 2 is 2.20 bits per heavy atom. The van der Waals surface area contributed by atoms with Gasteiger partial charge in [-0.1, -0.05) is 25.6 Å². The van der Waals surface area contributed by atoms with Crippen molar-refractivity contribution < 1.29 is 0 Å². The van der Waals surface area contributed by atoms with E-state index in [1.807, 2.05) is 23.1 Å². The molecule has 1 saturated heterocycles. The summed E-state index contributed by atoms with van der Waals surface area (Å²) in [4.78, 5) is 6.25. The molecule has 1 N–H and O–H groups in total. The molecule has 0 amide bonds. The Kier molecular flexibility index (Phi) is 4.41. The summed E-state index contributed by atoms with van der Waals surface area (Å²) in [6.07, 6.45) is 6.49. The Labute approximate surface area is 130 Å². The molecule has 0 aromatic carbocycles. The van der Waals surface area contributed by atoms with E-state index in [1.165, 1.54) is 47.0 Å². The lowest BCUT2D eigenvalue weighted by atomic mass is 9.78. The highest BCUT2D eigenvalue weighted by atomic mass is 32.2. The summed E-state index contributed by atoms with van der Waals surface area (Å²) in [5.41, 5.74) is 1.82. The molecule has 0 unspecified atom stereocenters. The number of thioether (sulfide) groups is 1. The highest BCUT2D eigenvalue weighted by molar-refractivity contribution is 8.14. The van der Waals surface area contributed by atoms with E-state index >= 15 is 0 Å². The molecular formula is C16H24N2S2. The number of aryl methyl sites for hydroxylation is 1. The molecule has 2 heterocycles. The minimum absolute atomic E-state index is 0.360. The van der Waals surface area contributed by atoms with E-state index in [1.54, 1.807) is 0 Å². The number of rotatable bonds is 3. The summed E-state index contributed by atoms with van der Waals surface area (Å²) in [5.74, 6) is 2.12. The number of aliphatic imine (C=N–C) groups is 1. The first kappa shape index (κ1) is 14.5. The fourth-order valence-corrected chi connectivity index (χ4v) is 5.26. The van der Waals surface area contributed by atoms with Crippen LogP contribution in [0.25, 0.3) is 0 Å². The van der Waals surface area contributed by atoms with Gasteiger partial charge in [-0.2, -0.15) is 0 Å². The van der Waals surface area contributed by atoms with Crippen LogP contribution < -0.4 is 5.32 Å². The molecule has 0 radical (unpaired) electrons. The van der Waals surface area contributed by atoms with E-state index < -0.39 is 0 Å². The molecule has 2 nitrogen and oxygen atoms in total. The zero-order valence-corrected chi connectivity index (χ0v) is 14.1. The normalized spacial score (nSPS) is 31.9. The van der Waals surface area contributed by atoms with Crippen molar-refractivity contribution in [3.8, 4) is 0 Å². The van der Waals surface area contributed by atoms with E-state index in [4.69, 9.17) is 4.99 Å². The molecule has 1 saturated carbocycles. The van der Waals surface area contributed by atoms with Gasteiger partial charge in [0.05, 0.1) is 6.54 Å². The van der Waals surface area contributed by atoms with Crippen LogP contribution >= 0.6 is 23.1 Å². The lowest BCUT2D eigenvalue weighted by Gasteiger charge is -2.35. The largest absolute Gasteiger partial charge is 0.359 e. The minimum atomic E-state index is 0.360. The van der Waals surface area contributed by atoms with Crippen LogP contribution in [0.4, 0.5) is 0 Å². The average molecular weight is 309 g/mol. The second kappa shape index (κ2) is 6.10. The van der Waals surface area contributed by atoms with Crippen LogP contribution in [0.3, 0.4) is 0 Å². The van der Waals surface area contributed by atoms with Crippen molar-refractivity contribution >= 4 is 28.3 Å². The SMILES string of the molecule is CCc1ccsc1CN=C1NC2(CCC(C)CC2)CS1. The van der Waals surface area contributed by atoms with Gasteiger partial charge >= 0.3 is 0 Å². The van der Waals surface area contributed by atoms with Gasteiger partial charge in [-0.3, -0.25) is 4.99 Å². The molecule has 0 bridgehead atoms. The molecular weight excluding hydrogens is 284 g/mol. The summed E-state index contributed by atoms with van der Waals surface area (Å²) in [6, 6.07) is 2.24. The number of nitrogens with one attached hydrogen (secondary N) is 1. The van der Waals surface area contributed by atoms with Crippen LogP contribution in [0.1, 0.15) is 50.0 Å². The van der Waals surface area contributed by atoms with Gasteiger partial charge in [0.15, 0.2) is 5.17 Å². The molecule has 2 fully saturated rings. The highest BCUT2D eigenvalue weighted by Crippen LogP contribution is 2.38. The fourth-order valence-electron chi connectivity index (χ4n) is 3.14. The topological polar surface area (TPSA) is 24.4 Å². The molecule has 3 rings (SSSR count). The molecule has 1 aromatic heterocycles. The van der Waals surface area contributed by atoms with Crippen molar-refractivity contribution in [3.05, 3.63) is 21.9 Å². The molecule has 20 heavy (non-hydrogen) atoms. The summed E-state index contributed by atoms with van der Waals surface area (Å²) < 4.78 is 0. The number of nitrogens with zero attached hydrogens (tertiary/aromatic N) is 1.